The molecule has 3 aromatic rings. The largest absolute Gasteiger partial charge is 0.325 e. The highest BCUT2D eigenvalue weighted by Gasteiger charge is 2.24. The Morgan fingerprint density at radius 1 is 0.955 bits per heavy atom. The fourth-order valence-corrected chi connectivity index (χ4v) is 3.54. The van der Waals surface area contributed by atoms with E-state index in [9.17, 15) is 9.59 Å². The highest BCUT2D eigenvalue weighted by Crippen LogP contribution is 2.34. The lowest BCUT2D eigenvalue weighted by atomic mass is 9.81. The van der Waals surface area contributed by atoms with E-state index in [-0.39, 0.29) is 5.56 Å². The van der Waals surface area contributed by atoms with Crippen molar-refractivity contribution in [1.82, 2.24) is 9.97 Å². The Bertz CT molecular complexity index is 963. The molecule has 0 saturated carbocycles. The molecular formula is C18H16N2O2. The molecule has 2 N–H and O–H groups in total. The number of aromatic amines is 2. The van der Waals surface area contributed by atoms with Crippen molar-refractivity contribution in [3.8, 4) is 0 Å². The van der Waals surface area contributed by atoms with Crippen molar-refractivity contribution < 1.29 is 0 Å². The number of rotatable bonds is 1. The van der Waals surface area contributed by atoms with E-state index in [1.54, 1.807) is 0 Å². The Balaban J connectivity index is 1.81. The summed E-state index contributed by atoms with van der Waals surface area (Å²) in [6, 6.07) is 14.7. The van der Waals surface area contributed by atoms with Crippen molar-refractivity contribution >= 4 is 10.8 Å². The second-order valence-corrected chi connectivity index (χ2v) is 5.87. The van der Waals surface area contributed by atoms with Gasteiger partial charge in [0.25, 0.3) is 5.56 Å². The lowest BCUT2D eigenvalue weighted by Gasteiger charge is -2.24. The van der Waals surface area contributed by atoms with Gasteiger partial charge in [0.05, 0.1) is 0 Å². The van der Waals surface area contributed by atoms with Crippen molar-refractivity contribution in [3.63, 3.8) is 0 Å². The van der Waals surface area contributed by atoms with Crippen LogP contribution in [-0.2, 0) is 12.8 Å². The van der Waals surface area contributed by atoms with Crippen molar-refractivity contribution in [3.05, 3.63) is 80.1 Å². The molecule has 0 unspecified atom stereocenters. The number of nitrogens with one attached hydrogen (secondary N) is 2. The third-order valence-corrected chi connectivity index (χ3v) is 4.59. The van der Waals surface area contributed by atoms with Crippen molar-refractivity contribution in [2.45, 2.75) is 25.2 Å². The van der Waals surface area contributed by atoms with Gasteiger partial charge in [0, 0.05) is 11.3 Å². The summed E-state index contributed by atoms with van der Waals surface area (Å²) in [5.74, 6) is 0.330. The minimum atomic E-state index is -0.415. The van der Waals surface area contributed by atoms with E-state index in [4.69, 9.17) is 0 Å². The monoisotopic (exact) mass is 292 g/mol. The van der Waals surface area contributed by atoms with E-state index in [0.717, 1.165) is 17.7 Å². The minimum absolute atomic E-state index is 0.241. The average molecular weight is 292 g/mol. The molecule has 1 aliphatic rings. The van der Waals surface area contributed by atoms with E-state index >= 15 is 0 Å². The van der Waals surface area contributed by atoms with Crippen LogP contribution in [-0.4, -0.2) is 9.97 Å². The molecule has 0 radical (unpaired) electrons. The van der Waals surface area contributed by atoms with E-state index in [2.05, 4.69) is 46.4 Å². The maximum absolute atomic E-state index is 11.9. The first kappa shape index (κ1) is 13.1. The topological polar surface area (TPSA) is 65.7 Å². The molecule has 0 bridgehead atoms. The maximum atomic E-state index is 11.9. The van der Waals surface area contributed by atoms with Crippen LogP contribution in [0, 0.1) is 0 Å². The maximum Gasteiger partial charge on any atom is 0.325 e. The highest BCUT2D eigenvalue weighted by atomic mass is 16.2. The Labute approximate surface area is 126 Å². The molecule has 4 rings (SSSR count). The van der Waals surface area contributed by atoms with Gasteiger partial charge in [0.2, 0.25) is 0 Å². The van der Waals surface area contributed by atoms with Crippen LogP contribution < -0.4 is 11.2 Å². The molecule has 4 nitrogen and oxygen atoms in total. The second kappa shape index (κ2) is 4.98. The number of benzene rings is 2. The Kier molecular flexibility index (Phi) is 2.96. The average Bonchev–Trinajstić information content (AvgIpc) is 2.53. The molecule has 1 aromatic heterocycles. The van der Waals surface area contributed by atoms with Crippen LogP contribution >= 0.6 is 0 Å². The summed E-state index contributed by atoms with van der Waals surface area (Å²) in [5, 5.41) is 2.48. The molecule has 0 aliphatic heterocycles. The van der Waals surface area contributed by atoms with Gasteiger partial charge in [-0.05, 0) is 41.5 Å². The fourth-order valence-electron chi connectivity index (χ4n) is 3.54. The zero-order chi connectivity index (χ0) is 15.1. The van der Waals surface area contributed by atoms with Gasteiger partial charge in [-0.2, -0.15) is 0 Å². The standard InChI is InChI=1S/C18H16N2O2/c21-17-15-9-8-12(10-16(15)19-18(22)20-17)14-7-3-5-11-4-1-2-6-13(11)14/h1-7,12H,8-10H2,(H2,19,20,21,22)/t12-/m0/s1. The van der Waals surface area contributed by atoms with Crippen LogP contribution in [0.5, 0.6) is 0 Å². The van der Waals surface area contributed by atoms with Crippen LogP contribution in [0.1, 0.15) is 29.2 Å². The third kappa shape index (κ3) is 2.08. The molecule has 2 aromatic carbocycles. The van der Waals surface area contributed by atoms with Gasteiger partial charge in [-0.1, -0.05) is 42.5 Å². The zero-order valence-electron chi connectivity index (χ0n) is 12.1. The molecule has 1 heterocycles. The molecule has 0 saturated heterocycles. The van der Waals surface area contributed by atoms with Gasteiger partial charge in [-0.25, -0.2) is 4.79 Å². The number of H-pyrrole nitrogens is 2. The lowest BCUT2D eigenvalue weighted by Crippen LogP contribution is -2.31. The van der Waals surface area contributed by atoms with E-state index in [1.165, 1.54) is 16.3 Å². The van der Waals surface area contributed by atoms with Crippen LogP contribution in [0.15, 0.2) is 52.1 Å². The Morgan fingerprint density at radius 3 is 2.68 bits per heavy atom. The van der Waals surface area contributed by atoms with Crippen molar-refractivity contribution in [1.29, 1.82) is 0 Å². The molecule has 22 heavy (non-hydrogen) atoms. The normalized spacial score (nSPS) is 17.4. The van der Waals surface area contributed by atoms with E-state index < -0.39 is 5.69 Å². The van der Waals surface area contributed by atoms with Gasteiger partial charge in [-0.3, -0.25) is 9.78 Å². The van der Waals surface area contributed by atoms with E-state index in [0.29, 0.717) is 18.8 Å². The molecule has 0 fully saturated rings. The molecular weight excluding hydrogens is 276 g/mol. The Hall–Kier alpha value is -2.62. The molecule has 1 atom stereocenters. The predicted octanol–water partition coefficient (Wildman–Crippen LogP) is 2.49. The van der Waals surface area contributed by atoms with Gasteiger partial charge < -0.3 is 4.98 Å². The summed E-state index contributed by atoms with van der Waals surface area (Å²) < 4.78 is 0. The summed E-state index contributed by atoms with van der Waals surface area (Å²) in [7, 11) is 0. The van der Waals surface area contributed by atoms with E-state index in [1.807, 2.05) is 6.07 Å². The van der Waals surface area contributed by atoms with Gasteiger partial charge in [0.1, 0.15) is 0 Å². The molecule has 0 spiro atoms. The van der Waals surface area contributed by atoms with Crippen LogP contribution in [0.25, 0.3) is 10.8 Å². The van der Waals surface area contributed by atoms with Gasteiger partial charge in [0.15, 0.2) is 0 Å². The number of hydrogen-bond acceptors (Lipinski definition) is 2. The molecule has 4 heteroatoms. The van der Waals surface area contributed by atoms with Crippen LogP contribution in [0.3, 0.4) is 0 Å². The first-order valence-electron chi connectivity index (χ1n) is 7.54. The smallest absolute Gasteiger partial charge is 0.311 e. The summed E-state index contributed by atoms with van der Waals surface area (Å²) >= 11 is 0. The number of hydrogen-bond donors (Lipinski definition) is 2. The van der Waals surface area contributed by atoms with Gasteiger partial charge >= 0.3 is 5.69 Å². The summed E-state index contributed by atoms with van der Waals surface area (Å²) in [4.78, 5) is 28.5. The van der Waals surface area contributed by atoms with Crippen molar-refractivity contribution in [2.75, 3.05) is 0 Å². The molecule has 110 valence electrons. The first-order chi connectivity index (χ1) is 10.7. The first-order valence-corrected chi connectivity index (χ1v) is 7.54. The molecule has 0 amide bonds. The quantitative estimate of drug-likeness (QED) is 0.723. The third-order valence-electron chi connectivity index (χ3n) is 4.59. The summed E-state index contributed by atoms with van der Waals surface area (Å²) in [6.07, 6.45) is 2.34. The SMILES string of the molecule is O=c1[nH]c2c(c(=O)[nH]1)CC[C@H](c1cccc3ccccc13)C2. The zero-order valence-corrected chi connectivity index (χ0v) is 12.1. The predicted molar refractivity (Wildman–Crippen MR) is 86.4 cm³/mol. The highest BCUT2D eigenvalue weighted by molar-refractivity contribution is 5.86. The van der Waals surface area contributed by atoms with Gasteiger partial charge in [-0.15, -0.1) is 0 Å². The minimum Gasteiger partial charge on any atom is -0.311 e. The fraction of sp³-hybridized carbons (Fsp3) is 0.222. The van der Waals surface area contributed by atoms with Crippen LogP contribution in [0.4, 0.5) is 0 Å². The summed E-state index contributed by atoms with van der Waals surface area (Å²) in [6.45, 7) is 0. The number of fused-ring (bicyclic) bond motifs is 2. The molecule has 1 aliphatic carbocycles. The number of aromatic nitrogens is 2. The second-order valence-electron chi connectivity index (χ2n) is 5.87. The lowest BCUT2D eigenvalue weighted by molar-refractivity contribution is 0.567. The Morgan fingerprint density at radius 2 is 1.77 bits per heavy atom. The summed E-state index contributed by atoms with van der Waals surface area (Å²) in [5.41, 5.74) is 2.16. The van der Waals surface area contributed by atoms with Crippen molar-refractivity contribution in [2.24, 2.45) is 0 Å². The van der Waals surface area contributed by atoms with Crippen LogP contribution in [0.2, 0.25) is 0 Å².